The Kier molecular flexibility index (Phi) is 12.2. The van der Waals surface area contributed by atoms with Crippen molar-refractivity contribution in [3.8, 4) is 0 Å². The molecule has 0 radical (unpaired) electrons. The van der Waals surface area contributed by atoms with E-state index in [2.05, 4.69) is 14.5 Å². The summed E-state index contributed by atoms with van der Waals surface area (Å²) in [6.45, 7) is -0.486. The summed E-state index contributed by atoms with van der Waals surface area (Å²) in [5.74, 6) is -0.0285. The van der Waals surface area contributed by atoms with Crippen LogP contribution in [0, 0.1) is 6.92 Å². The largest absolute Gasteiger partial charge is 0.472 e. The van der Waals surface area contributed by atoms with E-state index in [0.717, 1.165) is 9.13 Å². The van der Waals surface area contributed by atoms with Gasteiger partial charge in [-0.25, -0.2) is 27.8 Å². The summed E-state index contributed by atoms with van der Waals surface area (Å²) in [4.78, 5) is 63.3. The fourth-order valence-electron chi connectivity index (χ4n) is 5.39. The average Bonchev–Trinajstić information content (AvgIpc) is 3.73. The summed E-state index contributed by atoms with van der Waals surface area (Å²) in [7, 11) is -13.2. The first-order chi connectivity index (χ1) is 23.5. The number of nitrogens with two attached hydrogens (primary N) is 1. The number of hydrogen-bond donors (Lipinski definition) is 5. The van der Waals surface area contributed by atoms with E-state index in [0.29, 0.717) is 0 Å². The average molecular weight is 773 g/mol. The number of aryl methyl sites for hydroxylation is 1. The number of nitrogen functional groups attached to an aromatic ring is 1. The smallest absolute Gasteiger partial charge is 0.390 e. The Balaban J connectivity index is 1.25. The van der Waals surface area contributed by atoms with Crippen LogP contribution in [0.4, 0.5) is 5.82 Å². The molecule has 3 aliphatic rings. The lowest BCUT2D eigenvalue weighted by atomic mass is 10.2. The predicted octanol–water partition coefficient (Wildman–Crippen LogP) is -0.482. The van der Waals surface area contributed by atoms with Crippen LogP contribution in [0.5, 0.6) is 0 Å². The van der Waals surface area contributed by atoms with Crippen molar-refractivity contribution in [2.75, 3.05) is 32.2 Å². The quantitative estimate of drug-likeness (QED) is 0.143. The van der Waals surface area contributed by atoms with Gasteiger partial charge in [-0.15, -0.1) is 0 Å². The number of phosphoric ester groups is 2. The molecule has 5 rings (SSSR count). The molecule has 10 atom stereocenters. The monoisotopic (exact) mass is 773 g/mol. The molecule has 6 N–H and O–H groups in total. The molecular weight excluding hydrogens is 739 g/mol. The second-order valence-electron chi connectivity index (χ2n) is 11.4. The first-order valence-corrected chi connectivity index (χ1v) is 18.9. The molecule has 0 bridgehead atoms. The molecule has 2 aromatic rings. The highest BCUT2D eigenvalue weighted by molar-refractivity contribution is 7.47. The highest BCUT2D eigenvalue weighted by Crippen LogP contribution is 2.51. The number of aromatic amines is 1. The Hall–Kier alpha value is -2.72. The lowest BCUT2D eigenvalue weighted by Gasteiger charge is -2.24. The highest BCUT2D eigenvalue weighted by Gasteiger charge is 2.45. The Morgan fingerprint density at radius 3 is 2.30 bits per heavy atom. The number of nitrogens with one attached hydrogen (secondary N) is 1. The first-order valence-electron chi connectivity index (χ1n) is 14.9. The van der Waals surface area contributed by atoms with Crippen LogP contribution in [0.3, 0.4) is 0 Å². The van der Waals surface area contributed by atoms with Gasteiger partial charge in [0.05, 0.1) is 25.9 Å². The third-order valence-electron chi connectivity index (χ3n) is 7.84. The van der Waals surface area contributed by atoms with Gasteiger partial charge in [0.25, 0.3) is 5.56 Å². The van der Waals surface area contributed by atoms with Crippen LogP contribution in [0.1, 0.15) is 37.3 Å². The van der Waals surface area contributed by atoms with Gasteiger partial charge in [-0.3, -0.25) is 41.5 Å². The third kappa shape index (κ3) is 9.78. The molecule has 3 aliphatic heterocycles. The molecule has 3 fully saturated rings. The molecule has 0 aliphatic carbocycles. The van der Waals surface area contributed by atoms with Crippen molar-refractivity contribution in [2.45, 2.75) is 75.3 Å². The maximum atomic E-state index is 13.1. The van der Waals surface area contributed by atoms with Gasteiger partial charge in [-0.1, -0.05) is 0 Å². The first kappa shape index (κ1) is 38.5. The summed E-state index contributed by atoms with van der Waals surface area (Å²) < 4.78 is 91.4. The van der Waals surface area contributed by atoms with Crippen molar-refractivity contribution in [2.24, 2.45) is 0 Å². The number of nitrogens with zero attached hydrogens (tertiary/aromatic N) is 3. The minimum Gasteiger partial charge on any atom is -0.390 e. The lowest BCUT2D eigenvalue weighted by molar-refractivity contribution is -0.0593. The molecule has 0 amide bonds. The highest BCUT2D eigenvalue weighted by atomic mass is 31.2. The maximum Gasteiger partial charge on any atom is 0.472 e. The predicted molar refractivity (Wildman–Crippen MR) is 162 cm³/mol. The normalized spacial score (nSPS) is 30.6. The number of anilines is 1. The van der Waals surface area contributed by atoms with Crippen molar-refractivity contribution < 1.29 is 70.0 Å². The summed E-state index contributed by atoms with van der Waals surface area (Å²) in [5.41, 5.74) is 3.32. The van der Waals surface area contributed by atoms with Gasteiger partial charge in [0, 0.05) is 43.8 Å². The fraction of sp³-hybridized carbons (Fsp3) is 0.667. The van der Waals surface area contributed by atoms with Crippen molar-refractivity contribution in [3.05, 3.63) is 55.3 Å². The van der Waals surface area contributed by atoms with Gasteiger partial charge in [-0.05, 0) is 13.0 Å². The van der Waals surface area contributed by atoms with Gasteiger partial charge in [0.2, 0.25) is 0 Å². The number of aliphatic hydroxyl groups is 1. The standard InChI is InChI=1S/C24H34N5O18P3/c1-12-8-29(24(33)27-22(12)31)21-7-15(18(45-21)11-43-49(36,37)46-14-3-5-40-17(14)9-41-48(34)35)47-50(38,39)42-10-16-13(30)6-20(44-16)28-4-2-19(25)26-23(28)32/h2,4,8,13-18,20-21,30H,3,5-7,9-11H2,1H3,(H,36,37)(H,38,39)(H2,25,26,32)(H,27,31,33)/t13-,14-,15-,16+,17+,18+,20+,21+/m0/s1. The van der Waals surface area contributed by atoms with Gasteiger partial charge < -0.3 is 34.8 Å². The van der Waals surface area contributed by atoms with Crippen LogP contribution in [0.15, 0.2) is 32.8 Å². The van der Waals surface area contributed by atoms with Crippen molar-refractivity contribution in [3.63, 3.8) is 0 Å². The van der Waals surface area contributed by atoms with Crippen LogP contribution in [0.25, 0.3) is 0 Å². The summed E-state index contributed by atoms with van der Waals surface area (Å²) in [5, 5.41) is 10.5. The Bertz CT molecular complexity index is 1880. The topological polar surface area (TPSA) is 319 Å². The van der Waals surface area contributed by atoms with Crippen LogP contribution in [0.2, 0.25) is 0 Å². The molecule has 0 saturated carbocycles. The maximum absolute atomic E-state index is 13.1. The number of ether oxygens (including phenoxy) is 3. The molecule has 3 saturated heterocycles. The molecule has 278 valence electrons. The Morgan fingerprint density at radius 1 is 0.980 bits per heavy atom. The lowest BCUT2D eigenvalue weighted by Crippen LogP contribution is -2.33. The van der Waals surface area contributed by atoms with E-state index in [1.165, 1.54) is 25.4 Å². The molecule has 23 nitrogen and oxygen atoms in total. The van der Waals surface area contributed by atoms with Crippen molar-refractivity contribution in [1.29, 1.82) is 0 Å². The number of H-pyrrole nitrogens is 1. The van der Waals surface area contributed by atoms with Crippen molar-refractivity contribution in [1.82, 2.24) is 19.1 Å². The van der Waals surface area contributed by atoms with Gasteiger partial charge in [0.1, 0.15) is 48.8 Å². The minimum absolute atomic E-state index is 0.0285. The van der Waals surface area contributed by atoms with E-state index in [-0.39, 0.29) is 37.3 Å². The second-order valence-corrected chi connectivity index (χ2v) is 14.9. The molecular formula is C24H34N5O18P3. The number of aromatic nitrogens is 4. The number of aliphatic hydroxyl groups excluding tert-OH is 1. The van der Waals surface area contributed by atoms with E-state index >= 15 is 0 Å². The summed E-state index contributed by atoms with van der Waals surface area (Å²) in [6.07, 6.45) is -7.46. The molecule has 50 heavy (non-hydrogen) atoms. The van der Waals surface area contributed by atoms with E-state index in [9.17, 15) is 47.5 Å². The zero-order chi connectivity index (χ0) is 36.4. The van der Waals surface area contributed by atoms with Crippen LogP contribution in [-0.4, -0.2) is 97.0 Å². The van der Waals surface area contributed by atoms with Gasteiger partial charge in [-0.2, -0.15) is 4.98 Å². The van der Waals surface area contributed by atoms with Gasteiger partial charge in [0.15, 0.2) is 0 Å². The van der Waals surface area contributed by atoms with E-state index in [1.54, 1.807) is 0 Å². The summed E-state index contributed by atoms with van der Waals surface area (Å²) in [6, 6.07) is 1.34. The van der Waals surface area contributed by atoms with E-state index in [1.807, 2.05) is 0 Å². The second kappa shape index (κ2) is 15.9. The summed E-state index contributed by atoms with van der Waals surface area (Å²) >= 11 is 0. The Labute approximate surface area is 281 Å². The van der Waals surface area contributed by atoms with Gasteiger partial charge >= 0.3 is 34.9 Å². The third-order valence-corrected chi connectivity index (χ3v) is 10.2. The Morgan fingerprint density at radius 2 is 1.62 bits per heavy atom. The molecule has 0 spiro atoms. The molecule has 2 unspecified atom stereocenters. The molecule has 26 heteroatoms. The van der Waals surface area contributed by atoms with Crippen LogP contribution in [-0.2, 0) is 55.1 Å². The number of phosphoric acid groups is 2. The fourth-order valence-corrected chi connectivity index (χ4v) is 7.60. The SMILES string of the molecule is Cc1cn([C@H]2C[C@H](OP(=O)(O)OC[C@H]3O[C@@H](n4ccc(N)nc4=O)C[C@@H]3O)[C@@H](COP(=O)(O)O[C@H]3CCO[C@@H]3COP(=O)=O)O2)c(=O)[nH]c1=O. The van der Waals surface area contributed by atoms with E-state index in [4.69, 9.17) is 38.0 Å². The molecule has 2 aromatic heterocycles. The van der Waals surface area contributed by atoms with Crippen molar-refractivity contribution >= 4 is 29.4 Å². The molecule has 5 heterocycles. The zero-order valence-corrected chi connectivity index (χ0v) is 28.7. The van der Waals surface area contributed by atoms with Crippen LogP contribution < -0.4 is 22.7 Å². The minimum atomic E-state index is -5.04. The number of rotatable bonds is 15. The number of hydrogen-bond acceptors (Lipinski definition) is 18. The van der Waals surface area contributed by atoms with E-state index < -0.39 is 109 Å². The zero-order valence-electron chi connectivity index (χ0n) is 26.0. The molecule has 0 aromatic carbocycles. The van der Waals surface area contributed by atoms with Crippen LogP contribution >= 0.6 is 23.6 Å².